The molecular formula is C27H27F2N7O2. The van der Waals surface area contributed by atoms with Crippen LogP contribution in [0.25, 0.3) is 27.8 Å². The van der Waals surface area contributed by atoms with Crippen molar-refractivity contribution in [3.8, 4) is 11.4 Å². The van der Waals surface area contributed by atoms with Crippen LogP contribution in [0, 0.1) is 23.7 Å². The van der Waals surface area contributed by atoms with E-state index in [1.165, 1.54) is 18.8 Å². The van der Waals surface area contributed by atoms with Crippen LogP contribution in [0.2, 0.25) is 0 Å². The summed E-state index contributed by atoms with van der Waals surface area (Å²) in [6.45, 7) is 5.49. The van der Waals surface area contributed by atoms with Gasteiger partial charge >= 0.3 is 0 Å². The van der Waals surface area contributed by atoms with Crippen LogP contribution in [0.15, 0.2) is 36.8 Å². The van der Waals surface area contributed by atoms with Crippen LogP contribution in [0.4, 0.5) is 20.3 Å². The van der Waals surface area contributed by atoms with Gasteiger partial charge in [0.25, 0.3) is 6.43 Å². The standard InChI is InChI=1S/C27H27F2N7O2/c1-14-4-18(14)27(37)32-22-6-19-20(7-30-22)24(25(28)29)31-8-21(19)26-33-23-3-2-17(11-36(23)34-26)35-9-15-5-16(10-35)13-38-12-15/h2-3,6-8,11,14-16,18,25H,4-5,9-10,12-13H2,1H3,(H,30,32,37)/t14-,15?,16?,18+/m1/s1. The number of alkyl halides is 2. The molecule has 38 heavy (non-hydrogen) atoms. The van der Waals surface area contributed by atoms with Gasteiger partial charge in [-0.1, -0.05) is 6.92 Å². The van der Waals surface area contributed by atoms with Gasteiger partial charge in [0.15, 0.2) is 11.5 Å². The molecule has 4 atom stereocenters. The van der Waals surface area contributed by atoms with Crippen molar-refractivity contribution in [1.82, 2.24) is 24.6 Å². The second-order valence-corrected chi connectivity index (χ2v) is 10.8. The number of hydrogen-bond acceptors (Lipinski definition) is 7. The molecule has 0 radical (unpaired) electrons. The smallest absolute Gasteiger partial charge is 0.281 e. The van der Waals surface area contributed by atoms with Gasteiger partial charge < -0.3 is 15.0 Å². The average Bonchev–Trinajstić information content (AvgIpc) is 3.49. The second-order valence-electron chi connectivity index (χ2n) is 10.8. The Labute approximate surface area is 217 Å². The van der Waals surface area contributed by atoms with Crippen LogP contribution in [-0.2, 0) is 9.53 Å². The number of rotatable bonds is 5. The molecule has 2 saturated heterocycles. The van der Waals surface area contributed by atoms with E-state index in [1.807, 2.05) is 25.3 Å². The van der Waals surface area contributed by atoms with E-state index in [9.17, 15) is 13.6 Å². The Morgan fingerprint density at radius 2 is 1.89 bits per heavy atom. The first-order chi connectivity index (χ1) is 18.4. The summed E-state index contributed by atoms with van der Waals surface area (Å²) >= 11 is 0. The number of carbonyl (C=O) groups excluding carboxylic acids is 1. The minimum atomic E-state index is -2.77. The SMILES string of the molecule is C[C@@H]1C[C@@H]1C(=O)Nc1cc2c(-c3nc4ccc(N5CC6COCC(C6)C5)cn4n3)cnc(C(F)F)c2cn1. The second kappa shape index (κ2) is 8.93. The van der Waals surface area contributed by atoms with Gasteiger partial charge in [0.2, 0.25) is 5.91 Å². The number of piperidine rings is 1. The monoisotopic (exact) mass is 519 g/mol. The van der Waals surface area contributed by atoms with Crippen LogP contribution in [0.1, 0.15) is 31.9 Å². The van der Waals surface area contributed by atoms with E-state index in [0.29, 0.717) is 46.0 Å². The van der Waals surface area contributed by atoms with Gasteiger partial charge in [-0.05, 0) is 37.0 Å². The van der Waals surface area contributed by atoms with Gasteiger partial charge in [-0.25, -0.2) is 23.3 Å². The molecule has 3 aliphatic rings. The molecule has 7 rings (SSSR count). The fourth-order valence-corrected chi connectivity index (χ4v) is 5.83. The zero-order valence-electron chi connectivity index (χ0n) is 20.8. The molecule has 0 aromatic carbocycles. The predicted molar refractivity (Wildman–Crippen MR) is 137 cm³/mol. The molecule has 4 aromatic rings. The molecule has 3 fully saturated rings. The van der Waals surface area contributed by atoms with Crippen molar-refractivity contribution in [2.24, 2.45) is 23.7 Å². The van der Waals surface area contributed by atoms with E-state index in [-0.39, 0.29) is 22.9 Å². The normalized spacial score (nSPS) is 24.8. The van der Waals surface area contributed by atoms with Crippen LogP contribution in [-0.4, -0.2) is 56.8 Å². The van der Waals surface area contributed by atoms with Crippen molar-refractivity contribution < 1.29 is 18.3 Å². The number of carbonyl (C=O) groups is 1. The van der Waals surface area contributed by atoms with Crippen LogP contribution >= 0.6 is 0 Å². The Hall–Kier alpha value is -3.73. The van der Waals surface area contributed by atoms with Crippen molar-refractivity contribution in [3.05, 3.63) is 42.5 Å². The molecule has 9 nitrogen and oxygen atoms in total. The number of halogens is 2. The van der Waals surface area contributed by atoms with Gasteiger partial charge in [0.1, 0.15) is 11.5 Å². The molecule has 1 N–H and O–H groups in total. The first kappa shape index (κ1) is 23.4. The highest BCUT2D eigenvalue weighted by molar-refractivity contribution is 6.00. The fraction of sp³-hybridized carbons (Fsp3) is 0.444. The molecule has 6 heterocycles. The summed E-state index contributed by atoms with van der Waals surface area (Å²) in [6, 6.07) is 5.57. The number of hydrogen-bond donors (Lipinski definition) is 1. The predicted octanol–water partition coefficient (Wildman–Crippen LogP) is 4.34. The number of pyridine rings is 3. The molecule has 11 heteroatoms. The van der Waals surface area contributed by atoms with Gasteiger partial charge in [0.05, 0.1) is 25.1 Å². The Bertz CT molecular complexity index is 1550. The van der Waals surface area contributed by atoms with Gasteiger partial charge in [-0.2, -0.15) is 0 Å². The molecule has 2 unspecified atom stereocenters. The molecule has 4 aromatic heterocycles. The van der Waals surface area contributed by atoms with Crippen molar-refractivity contribution in [3.63, 3.8) is 0 Å². The Morgan fingerprint density at radius 1 is 1.11 bits per heavy atom. The Morgan fingerprint density at radius 3 is 2.63 bits per heavy atom. The van der Waals surface area contributed by atoms with Crippen LogP contribution in [0.3, 0.4) is 0 Å². The number of aromatic nitrogens is 5. The van der Waals surface area contributed by atoms with Crippen molar-refractivity contribution >= 4 is 33.8 Å². The first-order valence-corrected chi connectivity index (χ1v) is 13.0. The van der Waals surface area contributed by atoms with Crippen LogP contribution in [0.5, 0.6) is 0 Å². The molecule has 196 valence electrons. The highest BCUT2D eigenvalue weighted by Gasteiger charge is 2.39. The quantitative estimate of drug-likeness (QED) is 0.419. The van der Waals surface area contributed by atoms with Crippen molar-refractivity contribution in [2.45, 2.75) is 26.2 Å². The van der Waals surface area contributed by atoms with E-state index in [1.54, 1.807) is 10.6 Å². The lowest BCUT2D eigenvalue weighted by atomic mass is 9.88. The minimum Gasteiger partial charge on any atom is -0.381 e. The number of ether oxygens (including phenoxy) is 1. The third kappa shape index (κ3) is 4.14. The van der Waals surface area contributed by atoms with Crippen molar-refractivity contribution in [2.75, 3.05) is 36.5 Å². The maximum Gasteiger partial charge on any atom is 0.281 e. The summed E-state index contributed by atoms with van der Waals surface area (Å²) in [4.78, 5) is 27.8. The topological polar surface area (TPSA) is 97.5 Å². The maximum atomic E-state index is 13.8. The summed E-state index contributed by atoms with van der Waals surface area (Å²) in [7, 11) is 0. The molecule has 0 spiro atoms. The summed E-state index contributed by atoms with van der Waals surface area (Å²) in [6.07, 6.45) is 3.94. The largest absolute Gasteiger partial charge is 0.381 e. The van der Waals surface area contributed by atoms with E-state index in [2.05, 4.69) is 25.2 Å². The third-order valence-electron chi connectivity index (χ3n) is 7.96. The lowest BCUT2D eigenvalue weighted by molar-refractivity contribution is -0.117. The fourth-order valence-electron chi connectivity index (χ4n) is 5.83. The summed E-state index contributed by atoms with van der Waals surface area (Å²) in [5.41, 5.74) is 1.83. The lowest BCUT2D eigenvalue weighted by Crippen LogP contribution is -2.46. The number of fused-ring (bicyclic) bond motifs is 4. The minimum absolute atomic E-state index is 0.0395. The maximum absolute atomic E-state index is 13.8. The number of amides is 1. The molecule has 1 saturated carbocycles. The van der Waals surface area contributed by atoms with Gasteiger partial charge in [0, 0.05) is 59.6 Å². The summed E-state index contributed by atoms with van der Waals surface area (Å²) in [5.74, 6) is 1.92. The number of nitrogens with zero attached hydrogens (tertiary/aromatic N) is 6. The zero-order chi connectivity index (χ0) is 26.0. The highest BCUT2D eigenvalue weighted by Crippen LogP contribution is 2.39. The van der Waals surface area contributed by atoms with E-state index < -0.39 is 6.43 Å². The van der Waals surface area contributed by atoms with Crippen LogP contribution < -0.4 is 10.2 Å². The molecule has 2 bridgehead atoms. The average molecular weight is 520 g/mol. The van der Waals surface area contributed by atoms with Crippen molar-refractivity contribution in [1.29, 1.82) is 0 Å². The Balaban J connectivity index is 1.26. The third-order valence-corrected chi connectivity index (χ3v) is 7.96. The molecule has 1 aliphatic carbocycles. The molecule has 1 amide bonds. The van der Waals surface area contributed by atoms with E-state index in [4.69, 9.17) is 9.84 Å². The van der Waals surface area contributed by atoms with Gasteiger partial charge in [-0.15, -0.1) is 5.10 Å². The summed E-state index contributed by atoms with van der Waals surface area (Å²) in [5, 5.41) is 8.18. The first-order valence-electron chi connectivity index (χ1n) is 13.0. The Kier molecular flexibility index (Phi) is 5.50. The summed E-state index contributed by atoms with van der Waals surface area (Å²) < 4.78 is 35.0. The number of anilines is 2. The highest BCUT2D eigenvalue weighted by atomic mass is 19.3. The zero-order valence-corrected chi connectivity index (χ0v) is 20.8. The molecular weight excluding hydrogens is 492 g/mol. The molecule has 2 aliphatic heterocycles. The van der Waals surface area contributed by atoms with E-state index >= 15 is 0 Å². The van der Waals surface area contributed by atoms with E-state index in [0.717, 1.165) is 38.4 Å². The number of nitrogens with one attached hydrogen (secondary N) is 1. The van der Waals surface area contributed by atoms with Gasteiger partial charge in [-0.3, -0.25) is 9.78 Å². The lowest BCUT2D eigenvalue weighted by Gasteiger charge is -2.42.